The number of nitrogens with zero attached hydrogens (tertiary/aromatic N) is 4. The van der Waals surface area contributed by atoms with Gasteiger partial charge in [-0.3, -0.25) is 4.90 Å². The zero-order chi connectivity index (χ0) is 25.5. The fraction of sp³-hybridized carbons (Fsp3) is 0.360. The van der Waals surface area contributed by atoms with Crippen LogP contribution in [0.25, 0.3) is 0 Å². The first-order valence-corrected chi connectivity index (χ1v) is 14.1. The van der Waals surface area contributed by atoms with Crippen molar-refractivity contribution in [1.82, 2.24) is 19.2 Å². The number of hydrogen-bond acceptors (Lipinski definition) is 8. The van der Waals surface area contributed by atoms with E-state index in [-0.39, 0.29) is 10.9 Å². The first-order valence-electron chi connectivity index (χ1n) is 11.8. The third kappa shape index (κ3) is 6.67. The van der Waals surface area contributed by atoms with Crippen molar-refractivity contribution in [2.24, 2.45) is 0 Å². The number of nitrogens with one attached hydrogen (secondary N) is 2. The van der Waals surface area contributed by atoms with Gasteiger partial charge in [-0.15, -0.1) is 0 Å². The number of alkyl halides is 1. The first-order chi connectivity index (χ1) is 17.3. The summed E-state index contributed by atoms with van der Waals surface area (Å²) in [5.41, 5.74) is 2.57. The van der Waals surface area contributed by atoms with Crippen LogP contribution in [0, 0.1) is 0 Å². The van der Waals surface area contributed by atoms with Crippen molar-refractivity contribution in [3.63, 3.8) is 0 Å². The Balaban J connectivity index is 1.40. The van der Waals surface area contributed by atoms with Gasteiger partial charge < -0.3 is 10.6 Å². The monoisotopic (exact) mass is 530 g/mol. The summed E-state index contributed by atoms with van der Waals surface area (Å²) in [5, 5.41) is 10.3. The quantitative estimate of drug-likeness (QED) is 0.387. The second-order valence-electron chi connectivity index (χ2n) is 8.77. The molecule has 2 aromatic heterocycles. The largest absolute Gasteiger partial charge is 0.344 e. The van der Waals surface area contributed by atoms with E-state index in [1.54, 1.807) is 61.8 Å². The summed E-state index contributed by atoms with van der Waals surface area (Å²) < 4.78 is 40.7. The van der Waals surface area contributed by atoms with Crippen LogP contribution in [0.15, 0.2) is 70.0 Å². The summed E-state index contributed by atoms with van der Waals surface area (Å²) in [6.45, 7) is 3.73. The van der Waals surface area contributed by atoms with E-state index >= 15 is 0 Å². The molecule has 2 N–H and O–H groups in total. The van der Waals surface area contributed by atoms with Crippen LogP contribution in [0.5, 0.6) is 0 Å². The zero-order valence-electron chi connectivity index (χ0n) is 20.4. The van der Waals surface area contributed by atoms with Gasteiger partial charge in [0.15, 0.2) is 0 Å². The van der Waals surface area contributed by atoms with Crippen LogP contribution in [0.2, 0.25) is 0 Å². The van der Waals surface area contributed by atoms with Gasteiger partial charge in [0.05, 0.1) is 4.90 Å². The number of halogens is 1. The Morgan fingerprint density at radius 3 is 2.81 bits per heavy atom. The highest BCUT2D eigenvalue weighted by atomic mass is 32.2. The summed E-state index contributed by atoms with van der Waals surface area (Å²) in [5.74, 6) is 0.865. The van der Waals surface area contributed by atoms with Gasteiger partial charge in [-0.2, -0.15) is 20.6 Å². The minimum absolute atomic E-state index is 0.0706. The molecule has 11 heteroatoms. The molecule has 0 bridgehead atoms. The Labute approximate surface area is 215 Å². The number of allylic oxidation sites excluding steroid dienone is 2. The lowest BCUT2D eigenvalue weighted by Gasteiger charge is -2.37. The van der Waals surface area contributed by atoms with E-state index in [2.05, 4.69) is 42.3 Å². The third-order valence-electron chi connectivity index (χ3n) is 6.13. The van der Waals surface area contributed by atoms with Crippen LogP contribution in [0.3, 0.4) is 0 Å². The number of piperidine rings is 1. The van der Waals surface area contributed by atoms with Crippen LogP contribution in [0.1, 0.15) is 25.3 Å². The Morgan fingerprint density at radius 2 is 2.08 bits per heavy atom. The maximum atomic E-state index is 13.3. The molecule has 1 saturated heterocycles. The van der Waals surface area contributed by atoms with Gasteiger partial charge in [0.25, 0.3) is 0 Å². The number of likely N-dealkylation sites (N-methyl/N-ethyl adjacent to an activating group) is 1. The van der Waals surface area contributed by atoms with Gasteiger partial charge in [0.2, 0.25) is 16.0 Å². The van der Waals surface area contributed by atoms with E-state index in [4.69, 9.17) is 0 Å². The van der Waals surface area contributed by atoms with Gasteiger partial charge >= 0.3 is 0 Å². The maximum absolute atomic E-state index is 13.3. The fourth-order valence-electron chi connectivity index (χ4n) is 4.17. The molecule has 8 nitrogen and oxygen atoms in total. The zero-order valence-corrected chi connectivity index (χ0v) is 22.0. The number of benzene rings is 1. The maximum Gasteiger partial charge on any atom is 0.243 e. The minimum Gasteiger partial charge on any atom is -0.344 e. The molecule has 1 aliphatic rings. The first kappa shape index (κ1) is 26.2. The SMILES string of the molecule is C/C(=C\CF)Nc1ccnc(Nc2ccc(S(=O)(=O)N(C)C3CCCN(Cc4ccsc4)C3)cc2)n1. The molecule has 36 heavy (non-hydrogen) atoms. The number of rotatable bonds is 10. The molecule has 192 valence electrons. The molecule has 4 rings (SSSR count). The second-order valence-corrected chi connectivity index (χ2v) is 11.5. The van der Waals surface area contributed by atoms with E-state index in [1.165, 1.54) is 15.9 Å². The molecule has 0 saturated carbocycles. The summed E-state index contributed by atoms with van der Waals surface area (Å²) in [7, 11) is -1.96. The number of hydrogen-bond donors (Lipinski definition) is 2. The van der Waals surface area contributed by atoms with Gasteiger partial charge in [0, 0.05) is 43.8 Å². The predicted octanol–water partition coefficient (Wildman–Crippen LogP) is 4.85. The second kappa shape index (κ2) is 11.9. The van der Waals surface area contributed by atoms with E-state index in [1.807, 2.05) is 0 Å². The molecule has 0 aliphatic carbocycles. The molecule has 3 aromatic rings. The normalized spacial score (nSPS) is 17.3. The number of likely N-dealkylation sites (tertiary alicyclic amines) is 1. The molecular formula is C25H31FN6O2S2. The summed E-state index contributed by atoms with van der Waals surface area (Å²) in [6.07, 6.45) is 4.81. The van der Waals surface area contributed by atoms with Crippen molar-refractivity contribution < 1.29 is 12.8 Å². The molecule has 0 amide bonds. The van der Waals surface area contributed by atoms with Crippen LogP contribution in [-0.4, -0.2) is 60.4 Å². The smallest absolute Gasteiger partial charge is 0.243 e. The Morgan fingerprint density at radius 1 is 1.28 bits per heavy atom. The van der Waals surface area contributed by atoms with Crippen molar-refractivity contribution in [1.29, 1.82) is 0 Å². The van der Waals surface area contributed by atoms with Crippen LogP contribution < -0.4 is 10.6 Å². The van der Waals surface area contributed by atoms with Crippen LogP contribution in [0.4, 0.5) is 21.8 Å². The average Bonchev–Trinajstić information content (AvgIpc) is 3.37. The highest BCUT2D eigenvalue weighted by Gasteiger charge is 2.31. The standard InChI is InChI=1S/C25H31FN6O2S2/c1-19(9-12-26)28-24-10-13-27-25(30-24)29-21-5-7-23(8-6-21)36(33,34)31(2)22-4-3-14-32(17-22)16-20-11-15-35-18-20/h5-11,13,15,18,22H,3-4,12,14,16-17H2,1-2H3,(H2,27,28,29,30)/b19-9+. The van der Waals surface area contributed by atoms with E-state index in [9.17, 15) is 12.8 Å². The summed E-state index contributed by atoms with van der Waals surface area (Å²) in [6, 6.07) is 10.3. The van der Waals surface area contributed by atoms with E-state index in [0.717, 1.165) is 25.9 Å². The van der Waals surface area contributed by atoms with Gasteiger partial charge in [-0.05, 0) is 85.1 Å². The Kier molecular flexibility index (Phi) is 8.68. The summed E-state index contributed by atoms with van der Waals surface area (Å²) in [4.78, 5) is 11.1. The van der Waals surface area contributed by atoms with Crippen molar-refractivity contribution >= 4 is 38.8 Å². The van der Waals surface area contributed by atoms with Crippen molar-refractivity contribution in [2.45, 2.75) is 37.2 Å². The molecule has 1 aliphatic heterocycles. The van der Waals surface area contributed by atoms with E-state index < -0.39 is 16.7 Å². The van der Waals surface area contributed by atoms with Gasteiger partial charge in [-0.25, -0.2) is 17.8 Å². The molecule has 3 heterocycles. The molecule has 1 atom stereocenters. The summed E-state index contributed by atoms with van der Waals surface area (Å²) >= 11 is 1.68. The Hall–Kier alpha value is -2.86. The number of sulfonamides is 1. The number of anilines is 3. The highest BCUT2D eigenvalue weighted by Crippen LogP contribution is 2.25. The average molecular weight is 531 g/mol. The highest BCUT2D eigenvalue weighted by molar-refractivity contribution is 7.89. The molecule has 1 fully saturated rings. The lowest BCUT2D eigenvalue weighted by molar-refractivity contribution is 0.153. The third-order valence-corrected chi connectivity index (χ3v) is 8.79. The van der Waals surface area contributed by atoms with Crippen molar-refractivity contribution in [3.8, 4) is 0 Å². The predicted molar refractivity (Wildman–Crippen MR) is 143 cm³/mol. The fourth-order valence-corrected chi connectivity index (χ4v) is 6.21. The molecular weight excluding hydrogens is 499 g/mol. The van der Waals surface area contributed by atoms with Gasteiger partial charge in [-0.1, -0.05) is 0 Å². The number of aromatic nitrogens is 2. The Bertz CT molecular complexity index is 1270. The molecule has 1 aromatic carbocycles. The minimum atomic E-state index is -3.64. The van der Waals surface area contributed by atoms with Crippen molar-refractivity contribution in [3.05, 3.63) is 70.7 Å². The van der Waals surface area contributed by atoms with E-state index in [0.29, 0.717) is 29.7 Å². The lowest BCUT2D eigenvalue weighted by atomic mass is 10.1. The molecule has 0 spiro atoms. The molecule has 1 unspecified atom stereocenters. The lowest BCUT2D eigenvalue weighted by Crippen LogP contribution is -2.48. The topological polar surface area (TPSA) is 90.5 Å². The molecule has 0 radical (unpaired) electrons. The van der Waals surface area contributed by atoms with Crippen molar-refractivity contribution in [2.75, 3.05) is 37.4 Å². The van der Waals surface area contributed by atoms with Crippen LogP contribution >= 0.6 is 11.3 Å². The van der Waals surface area contributed by atoms with Crippen LogP contribution in [-0.2, 0) is 16.6 Å². The number of thiophene rings is 1. The van der Waals surface area contributed by atoms with Gasteiger partial charge in [0.1, 0.15) is 12.5 Å².